The van der Waals surface area contributed by atoms with Crippen LogP contribution in [0, 0.1) is 18.8 Å². The van der Waals surface area contributed by atoms with Gasteiger partial charge in [0.25, 0.3) is 0 Å². The first-order chi connectivity index (χ1) is 10.1. The Morgan fingerprint density at radius 2 is 2.05 bits per heavy atom. The molecule has 1 fully saturated rings. The molecule has 2 unspecified atom stereocenters. The fourth-order valence-electron chi connectivity index (χ4n) is 2.99. The lowest BCUT2D eigenvalue weighted by Crippen LogP contribution is -2.36. The molecule has 1 aliphatic carbocycles. The Morgan fingerprint density at radius 3 is 2.76 bits per heavy atom. The van der Waals surface area contributed by atoms with Crippen molar-refractivity contribution in [1.29, 1.82) is 0 Å². The average molecular weight is 289 g/mol. The molecule has 0 radical (unpaired) electrons. The van der Waals surface area contributed by atoms with E-state index in [9.17, 15) is 9.59 Å². The van der Waals surface area contributed by atoms with Crippen LogP contribution in [0.5, 0.6) is 0 Å². The van der Waals surface area contributed by atoms with E-state index >= 15 is 0 Å². The van der Waals surface area contributed by atoms with Gasteiger partial charge in [-0.3, -0.25) is 9.59 Å². The molecule has 0 aliphatic heterocycles. The summed E-state index contributed by atoms with van der Waals surface area (Å²) in [5.74, 6) is -1.26. The van der Waals surface area contributed by atoms with Crippen molar-refractivity contribution < 1.29 is 14.7 Å². The number of hydrogen-bond donors (Lipinski definition) is 2. The molecule has 1 amide bonds. The monoisotopic (exact) mass is 289 g/mol. The van der Waals surface area contributed by atoms with Crippen molar-refractivity contribution in [3.05, 3.63) is 35.4 Å². The standard InChI is InChI=1S/C17H23NO3/c1-12-4-2-5-13(10-12)8-9-18-16(19)14-6-3-7-15(11-14)17(20)21/h2,4-5,10,14-15H,3,6-9,11H2,1H3,(H,18,19)(H,20,21). The summed E-state index contributed by atoms with van der Waals surface area (Å²) in [6.45, 7) is 2.66. The summed E-state index contributed by atoms with van der Waals surface area (Å²) >= 11 is 0. The second-order valence-corrected chi connectivity index (χ2v) is 5.93. The molecule has 4 nitrogen and oxygen atoms in total. The lowest BCUT2D eigenvalue weighted by Gasteiger charge is -2.25. The fourth-order valence-corrected chi connectivity index (χ4v) is 2.99. The summed E-state index contributed by atoms with van der Waals surface area (Å²) in [5, 5.41) is 12.0. The maximum absolute atomic E-state index is 12.1. The number of nitrogens with one attached hydrogen (secondary N) is 1. The summed E-state index contributed by atoms with van der Waals surface area (Å²) in [6, 6.07) is 8.24. The van der Waals surface area contributed by atoms with Crippen LogP contribution in [0.4, 0.5) is 0 Å². The Morgan fingerprint density at radius 1 is 1.29 bits per heavy atom. The van der Waals surface area contributed by atoms with Gasteiger partial charge in [-0.1, -0.05) is 36.2 Å². The summed E-state index contributed by atoms with van der Waals surface area (Å²) in [7, 11) is 0. The second kappa shape index (κ2) is 7.25. The van der Waals surface area contributed by atoms with Gasteiger partial charge < -0.3 is 10.4 Å². The normalized spacial score (nSPS) is 21.8. The first-order valence-electron chi connectivity index (χ1n) is 7.62. The van der Waals surface area contributed by atoms with Gasteiger partial charge in [-0.25, -0.2) is 0 Å². The predicted molar refractivity (Wildman–Crippen MR) is 81.0 cm³/mol. The molecule has 0 heterocycles. The first kappa shape index (κ1) is 15.5. The molecule has 0 saturated heterocycles. The largest absolute Gasteiger partial charge is 0.481 e. The zero-order valence-electron chi connectivity index (χ0n) is 12.5. The maximum Gasteiger partial charge on any atom is 0.306 e. The van der Waals surface area contributed by atoms with E-state index in [4.69, 9.17) is 5.11 Å². The van der Waals surface area contributed by atoms with E-state index in [-0.39, 0.29) is 17.7 Å². The van der Waals surface area contributed by atoms with Crippen molar-refractivity contribution in [2.45, 2.75) is 39.0 Å². The third kappa shape index (κ3) is 4.59. The molecule has 1 aromatic rings. The summed E-state index contributed by atoms with van der Waals surface area (Å²) < 4.78 is 0. The Hall–Kier alpha value is -1.84. The van der Waals surface area contributed by atoms with Crippen molar-refractivity contribution in [1.82, 2.24) is 5.32 Å². The third-order valence-electron chi connectivity index (χ3n) is 4.19. The maximum atomic E-state index is 12.1. The first-order valence-corrected chi connectivity index (χ1v) is 7.62. The van der Waals surface area contributed by atoms with Crippen LogP contribution in [0.15, 0.2) is 24.3 Å². The number of rotatable bonds is 5. The molecule has 4 heteroatoms. The van der Waals surface area contributed by atoms with E-state index in [0.29, 0.717) is 19.4 Å². The zero-order valence-corrected chi connectivity index (χ0v) is 12.5. The summed E-state index contributed by atoms with van der Waals surface area (Å²) in [5.41, 5.74) is 2.43. The van der Waals surface area contributed by atoms with Gasteiger partial charge in [0.15, 0.2) is 0 Å². The fraction of sp³-hybridized carbons (Fsp3) is 0.529. The van der Waals surface area contributed by atoms with Crippen LogP contribution in [0.1, 0.15) is 36.8 Å². The van der Waals surface area contributed by atoms with E-state index in [0.717, 1.165) is 19.3 Å². The molecule has 1 saturated carbocycles. The van der Waals surface area contributed by atoms with E-state index in [2.05, 4.69) is 30.4 Å². The van der Waals surface area contributed by atoms with Gasteiger partial charge in [0.2, 0.25) is 5.91 Å². The van der Waals surface area contributed by atoms with Gasteiger partial charge in [0.05, 0.1) is 5.92 Å². The molecular weight excluding hydrogens is 266 g/mol. The SMILES string of the molecule is Cc1cccc(CCNC(=O)C2CCCC(C(=O)O)C2)c1. The van der Waals surface area contributed by atoms with E-state index in [1.165, 1.54) is 11.1 Å². The number of benzene rings is 1. The van der Waals surface area contributed by atoms with Crippen molar-refractivity contribution in [2.75, 3.05) is 6.54 Å². The Kier molecular flexibility index (Phi) is 5.37. The van der Waals surface area contributed by atoms with Crippen molar-refractivity contribution in [3.8, 4) is 0 Å². The lowest BCUT2D eigenvalue weighted by molar-refractivity contribution is -0.144. The van der Waals surface area contributed by atoms with Crippen LogP contribution in [0.2, 0.25) is 0 Å². The lowest BCUT2D eigenvalue weighted by atomic mass is 9.81. The topological polar surface area (TPSA) is 66.4 Å². The number of amides is 1. The number of carbonyl (C=O) groups is 2. The highest BCUT2D eigenvalue weighted by Gasteiger charge is 2.30. The number of hydrogen-bond acceptors (Lipinski definition) is 2. The third-order valence-corrected chi connectivity index (χ3v) is 4.19. The minimum atomic E-state index is -0.771. The number of carbonyl (C=O) groups excluding carboxylic acids is 1. The van der Waals surface area contributed by atoms with Crippen molar-refractivity contribution in [3.63, 3.8) is 0 Å². The summed E-state index contributed by atoms with van der Waals surface area (Å²) in [4.78, 5) is 23.1. The van der Waals surface area contributed by atoms with E-state index < -0.39 is 5.97 Å². The van der Waals surface area contributed by atoms with Crippen LogP contribution in [-0.2, 0) is 16.0 Å². The molecule has 0 bridgehead atoms. The molecule has 0 aromatic heterocycles. The van der Waals surface area contributed by atoms with Crippen LogP contribution >= 0.6 is 0 Å². The van der Waals surface area contributed by atoms with Gasteiger partial charge >= 0.3 is 5.97 Å². The van der Waals surface area contributed by atoms with Crippen LogP contribution in [0.3, 0.4) is 0 Å². The molecule has 2 atom stereocenters. The number of aryl methyl sites for hydroxylation is 1. The number of aliphatic carboxylic acids is 1. The minimum Gasteiger partial charge on any atom is -0.481 e. The van der Waals surface area contributed by atoms with Gasteiger partial charge in [-0.15, -0.1) is 0 Å². The smallest absolute Gasteiger partial charge is 0.306 e. The number of carboxylic acid groups (broad SMARTS) is 1. The van der Waals surface area contributed by atoms with Crippen LogP contribution in [0.25, 0.3) is 0 Å². The van der Waals surface area contributed by atoms with Gasteiger partial charge in [-0.05, 0) is 38.2 Å². The van der Waals surface area contributed by atoms with E-state index in [1.807, 2.05) is 6.07 Å². The quantitative estimate of drug-likeness (QED) is 0.875. The Labute approximate surface area is 125 Å². The molecule has 1 aromatic carbocycles. The van der Waals surface area contributed by atoms with Crippen molar-refractivity contribution in [2.24, 2.45) is 11.8 Å². The molecule has 0 spiro atoms. The van der Waals surface area contributed by atoms with Gasteiger partial charge in [0, 0.05) is 12.5 Å². The van der Waals surface area contributed by atoms with Gasteiger partial charge in [0.1, 0.15) is 0 Å². The van der Waals surface area contributed by atoms with Crippen LogP contribution < -0.4 is 5.32 Å². The average Bonchev–Trinajstić information content (AvgIpc) is 2.47. The highest BCUT2D eigenvalue weighted by molar-refractivity contribution is 5.80. The molecule has 2 N–H and O–H groups in total. The number of carboxylic acids is 1. The minimum absolute atomic E-state index is 0.00797. The van der Waals surface area contributed by atoms with E-state index in [1.54, 1.807) is 0 Å². The zero-order chi connectivity index (χ0) is 15.2. The Bertz CT molecular complexity index is 513. The van der Waals surface area contributed by atoms with Gasteiger partial charge in [-0.2, -0.15) is 0 Å². The predicted octanol–water partition coefficient (Wildman–Crippen LogP) is 2.54. The molecule has 21 heavy (non-hydrogen) atoms. The van der Waals surface area contributed by atoms with Crippen molar-refractivity contribution >= 4 is 11.9 Å². The molecule has 114 valence electrons. The molecular formula is C17H23NO3. The highest BCUT2D eigenvalue weighted by atomic mass is 16.4. The highest BCUT2D eigenvalue weighted by Crippen LogP contribution is 2.29. The molecule has 2 rings (SSSR count). The Balaban J connectivity index is 1.78. The summed E-state index contributed by atoms with van der Waals surface area (Å²) in [6.07, 6.45) is 3.61. The van der Waals surface area contributed by atoms with Crippen LogP contribution in [-0.4, -0.2) is 23.5 Å². The molecule has 1 aliphatic rings. The second-order valence-electron chi connectivity index (χ2n) is 5.93.